The summed E-state index contributed by atoms with van der Waals surface area (Å²) < 4.78 is 5.45. The Morgan fingerprint density at radius 2 is 2.00 bits per heavy atom. The molecule has 144 valence electrons. The average Bonchev–Trinajstić information content (AvgIpc) is 2.69. The number of rotatable bonds is 5. The topological polar surface area (TPSA) is 71.5 Å². The van der Waals surface area contributed by atoms with Gasteiger partial charge in [0, 0.05) is 11.6 Å². The minimum absolute atomic E-state index is 0.178. The standard InChI is InChI=1S/C23H24N2O3/c1-14-6-5-8-19(22(14)28-2)23(27)25-21(16-11-18(26)12-16)17-10-15-7-3-4-9-20(15)24-13-17/h3-10,13,16,18,21,26H,11-12H2,1-2H3,(H,25,27). The minimum atomic E-state index is -0.300. The van der Waals surface area contributed by atoms with Crippen molar-refractivity contribution in [3.63, 3.8) is 0 Å². The molecule has 28 heavy (non-hydrogen) atoms. The van der Waals surface area contributed by atoms with Crippen LogP contribution >= 0.6 is 0 Å². The number of hydrogen-bond acceptors (Lipinski definition) is 4. The van der Waals surface area contributed by atoms with Gasteiger partial charge in [0.1, 0.15) is 5.75 Å². The van der Waals surface area contributed by atoms with E-state index >= 15 is 0 Å². The molecule has 1 fully saturated rings. The van der Waals surface area contributed by atoms with Gasteiger partial charge in [0.15, 0.2) is 0 Å². The molecule has 1 aliphatic carbocycles. The van der Waals surface area contributed by atoms with Crippen molar-refractivity contribution in [2.75, 3.05) is 7.11 Å². The van der Waals surface area contributed by atoms with E-state index < -0.39 is 0 Å². The lowest BCUT2D eigenvalue weighted by atomic mass is 9.75. The first-order chi connectivity index (χ1) is 13.6. The molecule has 4 rings (SSSR count). The Kier molecular flexibility index (Phi) is 5.01. The number of nitrogens with one attached hydrogen (secondary N) is 1. The maximum absolute atomic E-state index is 13.1. The number of fused-ring (bicyclic) bond motifs is 1. The van der Waals surface area contributed by atoms with E-state index in [2.05, 4.69) is 16.4 Å². The molecule has 2 aromatic carbocycles. The smallest absolute Gasteiger partial charge is 0.255 e. The van der Waals surface area contributed by atoms with Crippen LogP contribution in [-0.4, -0.2) is 29.2 Å². The summed E-state index contributed by atoms with van der Waals surface area (Å²) in [6.07, 6.45) is 2.86. The zero-order valence-electron chi connectivity index (χ0n) is 16.1. The molecule has 1 saturated carbocycles. The van der Waals surface area contributed by atoms with Crippen molar-refractivity contribution in [3.05, 3.63) is 71.4 Å². The number of carbonyl (C=O) groups excluding carboxylic acids is 1. The van der Waals surface area contributed by atoms with Gasteiger partial charge in [-0.2, -0.15) is 0 Å². The second kappa shape index (κ2) is 7.60. The number of ether oxygens (including phenoxy) is 1. The van der Waals surface area contributed by atoms with Crippen LogP contribution in [0.2, 0.25) is 0 Å². The molecule has 0 radical (unpaired) electrons. The second-order valence-corrected chi connectivity index (χ2v) is 7.45. The van der Waals surface area contributed by atoms with Gasteiger partial charge in [-0.25, -0.2) is 0 Å². The third-order valence-electron chi connectivity index (χ3n) is 5.54. The molecule has 1 aromatic heterocycles. The molecule has 5 nitrogen and oxygen atoms in total. The quantitative estimate of drug-likeness (QED) is 0.711. The first-order valence-corrected chi connectivity index (χ1v) is 9.54. The predicted octanol–water partition coefficient (Wildman–Crippen LogP) is 3.79. The Labute approximate surface area is 164 Å². The summed E-state index contributed by atoms with van der Waals surface area (Å²) >= 11 is 0. The predicted molar refractivity (Wildman–Crippen MR) is 108 cm³/mol. The Hall–Kier alpha value is -2.92. The van der Waals surface area contributed by atoms with Crippen molar-refractivity contribution in [2.24, 2.45) is 5.92 Å². The van der Waals surface area contributed by atoms with Crippen LogP contribution in [0.4, 0.5) is 0 Å². The van der Waals surface area contributed by atoms with Crippen LogP contribution in [-0.2, 0) is 0 Å². The van der Waals surface area contributed by atoms with Crippen molar-refractivity contribution in [3.8, 4) is 5.75 Å². The third-order valence-corrected chi connectivity index (χ3v) is 5.54. The summed E-state index contributed by atoms with van der Waals surface area (Å²) in [5, 5.41) is 14.0. The fourth-order valence-electron chi connectivity index (χ4n) is 3.95. The largest absolute Gasteiger partial charge is 0.496 e. The first-order valence-electron chi connectivity index (χ1n) is 9.54. The van der Waals surface area contributed by atoms with Crippen LogP contribution in [0.3, 0.4) is 0 Å². The van der Waals surface area contributed by atoms with Gasteiger partial charge in [-0.05, 0) is 55.0 Å². The molecule has 1 heterocycles. The molecule has 1 unspecified atom stereocenters. The van der Waals surface area contributed by atoms with Gasteiger partial charge in [-0.3, -0.25) is 9.78 Å². The van der Waals surface area contributed by atoms with Gasteiger partial charge >= 0.3 is 0 Å². The van der Waals surface area contributed by atoms with Gasteiger partial charge in [0.2, 0.25) is 0 Å². The van der Waals surface area contributed by atoms with E-state index in [0.29, 0.717) is 24.2 Å². The first kappa shape index (κ1) is 18.4. The Morgan fingerprint density at radius 1 is 1.21 bits per heavy atom. The van der Waals surface area contributed by atoms with Crippen LogP contribution in [0.1, 0.15) is 40.4 Å². The number of benzene rings is 2. The number of amides is 1. The number of aromatic nitrogens is 1. The molecule has 0 saturated heterocycles. The van der Waals surface area contributed by atoms with Crippen LogP contribution in [0.25, 0.3) is 10.9 Å². The number of para-hydroxylation sites is 2. The lowest BCUT2D eigenvalue weighted by molar-refractivity contribution is 0.0234. The molecule has 2 N–H and O–H groups in total. The van der Waals surface area contributed by atoms with Crippen LogP contribution in [0, 0.1) is 12.8 Å². The molecule has 0 aliphatic heterocycles. The van der Waals surface area contributed by atoms with Crippen molar-refractivity contribution in [2.45, 2.75) is 31.9 Å². The number of carbonyl (C=O) groups is 1. The highest BCUT2D eigenvalue weighted by molar-refractivity contribution is 5.97. The number of aliphatic hydroxyl groups is 1. The summed E-state index contributed by atoms with van der Waals surface area (Å²) in [6.45, 7) is 1.92. The van der Waals surface area contributed by atoms with Gasteiger partial charge in [-0.15, -0.1) is 0 Å². The lowest BCUT2D eigenvalue weighted by Crippen LogP contribution is -2.41. The molecular formula is C23H24N2O3. The summed E-state index contributed by atoms with van der Waals surface area (Å²) in [5.74, 6) is 0.585. The average molecular weight is 376 g/mol. The number of pyridine rings is 1. The van der Waals surface area contributed by atoms with Crippen molar-refractivity contribution >= 4 is 16.8 Å². The lowest BCUT2D eigenvalue weighted by Gasteiger charge is -2.38. The van der Waals surface area contributed by atoms with Gasteiger partial charge < -0.3 is 15.2 Å². The minimum Gasteiger partial charge on any atom is -0.496 e. The highest BCUT2D eigenvalue weighted by Gasteiger charge is 2.36. The zero-order chi connectivity index (χ0) is 19.7. The van der Waals surface area contributed by atoms with E-state index in [1.165, 1.54) is 0 Å². The molecule has 1 atom stereocenters. The fraction of sp³-hybridized carbons (Fsp3) is 0.304. The number of methoxy groups -OCH3 is 1. The maximum atomic E-state index is 13.1. The third kappa shape index (κ3) is 3.45. The number of aryl methyl sites for hydroxylation is 1. The Bertz CT molecular complexity index is 1010. The number of hydrogen-bond donors (Lipinski definition) is 2. The van der Waals surface area contributed by atoms with E-state index in [9.17, 15) is 9.90 Å². The SMILES string of the molecule is COc1c(C)cccc1C(=O)NC(c1cnc2ccccc2c1)C1CC(O)C1. The molecule has 3 aromatic rings. The van der Waals surface area contributed by atoms with E-state index in [0.717, 1.165) is 22.0 Å². The van der Waals surface area contributed by atoms with Crippen molar-refractivity contribution in [1.82, 2.24) is 10.3 Å². The van der Waals surface area contributed by atoms with Gasteiger partial charge in [0.05, 0.1) is 30.3 Å². The van der Waals surface area contributed by atoms with E-state index in [1.807, 2.05) is 49.5 Å². The zero-order valence-corrected chi connectivity index (χ0v) is 16.1. The fourth-order valence-corrected chi connectivity index (χ4v) is 3.95. The van der Waals surface area contributed by atoms with Crippen molar-refractivity contribution < 1.29 is 14.6 Å². The maximum Gasteiger partial charge on any atom is 0.255 e. The summed E-state index contributed by atoms with van der Waals surface area (Å²) in [6, 6.07) is 15.3. The highest BCUT2D eigenvalue weighted by Crippen LogP contribution is 2.39. The molecule has 0 spiro atoms. The Balaban J connectivity index is 1.67. The van der Waals surface area contributed by atoms with E-state index in [4.69, 9.17) is 4.74 Å². The van der Waals surface area contributed by atoms with Crippen LogP contribution in [0.5, 0.6) is 5.75 Å². The monoisotopic (exact) mass is 376 g/mol. The molecule has 1 aliphatic rings. The molecular weight excluding hydrogens is 352 g/mol. The molecule has 1 amide bonds. The Morgan fingerprint density at radius 3 is 2.75 bits per heavy atom. The summed E-state index contributed by atoms with van der Waals surface area (Å²) in [5.41, 5.74) is 3.31. The van der Waals surface area contributed by atoms with E-state index in [1.54, 1.807) is 13.2 Å². The van der Waals surface area contributed by atoms with E-state index in [-0.39, 0.29) is 24.0 Å². The highest BCUT2D eigenvalue weighted by atomic mass is 16.5. The number of aliphatic hydroxyl groups excluding tert-OH is 1. The van der Waals surface area contributed by atoms with Crippen LogP contribution in [0.15, 0.2) is 54.7 Å². The summed E-state index contributed by atoms with van der Waals surface area (Å²) in [4.78, 5) is 17.6. The normalized spacial score (nSPS) is 19.7. The molecule has 0 bridgehead atoms. The van der Waals surface area contributed by atoms with Gasteiger partial charge in [-0.1, -0.05) is 30.3 Å². The van der Waals surface area contributed by atoms with Gasteiger partial charge in [0.25, 0.3) is 5.91 Å². The van der Waals surface area contributed by atoms with Crippen LogP contribution < -0.4 is 10.1 Å². The summed E-state index contributed by atoms with van der Waals surface area (Å²) in [7, 11) is 1.58. The number of nitrogens with zero attached hydrogens (tertiary/aromatic N) is 1. The second-order valence-electron chi connectivity index (χ2n) is 7.45. The van der Waals surface area contributed by atoms with Crippen molar-refractivity contribution in [1.29, 1.82) is 0 Å². The molecule has 5 heteroatoms.